The van der Waals surface area contributed by atoms with Crippen molar-refractivity contribution in [1.29, 1.82) is 0 Å². The number of piperidine rings is 1. The number of rotatable bonds is 4. The van der Waals surface area contributed by atoms with Crippen LogP contribution in [-0.4, -0.2) is 38.2 Å². The molecule has 10 heteroatoms. The van der Waals surface area contributed by atoms with E-state index in [9.17, 15) is 14.0 Å². The first-order valence-corrected chi connectivity index (χ1v) is 10.1. The molecule has 1 amide bonds. The van der Waals surface area contributed by atoms with Crippen molar-refractivity contribution < 1.29 is 9.18 Å². The van der Waals surface area contributed by atoms with E-state index in [0.29, 0.717) is 29.0 Å². The van der Waals surface area contributed by atoms with Crippen molar-refractivity contribution in [1.82, 2.24) is 19.2 Å². The molecule has 0 spiro atoms. The first-order valence-electron chi connectivity index (χ1n) is 9.76. The van der Waals surface area contributed by atoms with Crippen molar-refractivity contribution in [3.8, 4) is 0 Å². The van der Waals surface area contributed by atoms with Crippen LogP contribution in [0.4, 0.5) is 15.9 Å². The average Bonchev–Trinajstić information content (AvgIpc) is 2.99. The minimum Gasteiger partial charge on any atom is -0.353 e. The fourth-order valence-electron chi connectivity index (χ4n) is 4.01. The topological polar surface area (TPSA) is 84.5 Å². The maximum Gasteiger partial charge on any atom is 0.350 e. The highest BCUT2D eigenvalue weighted by atomic mass is 35.5. The Bertz CT molecular complexity index is 1150. The molecule has 2 atom stereocenters. The summed E-state index contributed by atoms with van der Waals surface area (Å²) in [5.41, 5.74) is 0.322. The van der Waals surface area contributed by atoms with Gasteiger partial charge in [0.1, 0.15) is 12.4 Å². The first kappa shape index (κ1) is 20.3. The van der Waals surface area contributed by atoms with Crippen LogP contribution in [0.1, 0.15) is 20.3 Å². The van der Waals surface area contributed by atoms with Gasteiger partial charge in [0.25, 0.3) is 0 Å². The SMILES string of the molecule is CC1CC(C)CN(c2nccn3c(=O)n(CC(=O)Nc4ccc(F)c(Cl)c4)nc23)C1. The number of nitrogens with one attached hydrogen (secondary N) is 1. The molecule has 1 N–H and O–H groups in total. The number of fused-ring (bicyclic) bond motifs is 1. The van der Waals surface area contributed by atoms with Gasteiger partial charge < -0.3 is 10.2 Å². The van der Waals surface area contributed by atoms with Crippen LogP contribution < -0.4 is 15.9 Å². The Morgan fingerprint density at radius 2 is 2.03 bits per heavy atom. The Balaban J connectivity index is 1.59. The predicted octanol–water partition coefficient (Wildman–Crippen LogP) is 2.80. The summed E-state index contributed by atoms with van der Waals surface area (Å²) in [7, 11) is 0. The number of benzene rings is 1. The molecule has 0 radical (unpaired) electrons. The van der Waals surface area contributed by atoms with Crippen molar-refractivity contribution in [3.63, 3.8) is 0 Å². The standard InChI is InChI=1S/C20H22ClFN6O2/c1-12-7-13(2)10-26(9-12)18-19-25-28(20(30)27(19)6-5-23-18)11-17(29)24-14-3-4-16(22)15(21)8-14/h3-6,8,12-13H,7,9-11H2,1-2H3,(H,24,29). The van der Waals surface area contributed by atoms with Crippen LogP contribution in [0.15, 0.2) is 35.4 Å². The molecule has 158 valence electrons. The van der Waals surface area contributed by atoms with Crippen LogP contribution in [0.25, 0.3) is 5.65 Å². The first-order chi connectivity index (χ1) is 14.3. The van der Waals surface area contributed by atoms with E-state index in [1.54, 1.807) is 12.4 Å². The minimum atomic E-state index is -0.576. The molecule has 1 aliphatic rings. The van der Waals surface area contributed by atoms with E-state index in [-0.39, 0.29) is 11.6 Å². The molecule has 8 nitrogen and oxygen atoms in total. The summed E-state index contributed by atoms with van der Waals surface area (Å²) < 4.78 is 15.8. The lowest BCUT2D eigenvalue weighted by Gasteiger charge is -2.35. The average molecular weight is 433 g/mol. The number of hydrogen-bond acceptors (Lipinski definition) is 5. The summed E-state index contributed by atoms with van der Waals surface area (Å²) in [6, 6.07) is 3.86. The zero-order valence-electron chi connectivity index (χ0n) is 16.7. The third kappa shape index (κ3) is 4.02. The van der Waals surface area contributed by atoms with E-state index in [2.05, 4.69) is 34.1 Å². The Hall–Kier alpha value is -2.94. The number of carbonyl (C=O) groups is 1. The molecule has 1 saturated heterocycles. The van der Waals surface area contributed by atoms with Gasteiger partial charge in [-0.2, -0.15) is 0 Å². The summed E-state index contributed by atoms with van der Waals surface area (Å²) in [6.07, 6.45) is 4.26. The number of nitrogens with zero attached hydrogens (tertiary/aromatic N) is 5. The van der Waals surface area contributed by atoms with Crippen molar-refractivity contribution >= 4 is 34.7 Å². The van der Waals surface area contributed by atoms with Gasteiger partial charge in [0.05, 0.1) is 5.02 Å². The lowest BCUT2D eigenvalue weighted by molar-refractivity contribution is -0.117. The number of halogens is 2. The second kappa shape index (κ2) is 8.06. The highest BCUT2D eigenvalue weighted by Crippen LogP contribution is 2.26. The van der Waals surface area contributed by atoms with Gasteiger partial charge in [-0.3, -0.25) is 4.79 Å². The number of anilines is 2. The van der Waals surface area contributed by atoms with E-state index < -0.39 is 17.4 Å². The summed E-state index contributed by atoms with van der Waals surface area (Å²) in [5.74, 6) is 0.610. The van der Waals surface area contributed by atoms with Crippen LogP contribution in [0.3, 0.4) is 0 Å². The quantitative estimate of drug-likeness (QED) is 0.685. The molecule has 30 heavy (non-hydrogen) atoms. The van der Waals surface area contributed by atoms with Gasteiger partial charge in [-0.1, -0.05) is 25.4 Å². The van der Waals surface area contributed by atoms with Gasteiger partial charge in [0.2, 0.25) is 11.6 Å². The van der Waals surface area contributed by atoms with Crippen molar-refractivity contribution in [2.24, 2.45) is 11.8 Å². The Kier molecular flexibility index (Phi) is 5.46. The third-order valence-corrected chi connectivity index (χ3v) is 5.44. The van der Waals surface area contributed by atoms with Crippen molar-refractivity contribution in [3.05, 3.63) is 51.9 Å². The van der Waals surface area contributed by atoms with Crippen molar-refractivity contribution in [2.75, 3.05) is 23.3 Å². The molecule has 4 rings (SSSR count). The second-order valence-electron chi connectivity index (χ2n) is 7.91. The van der Waals surface area contributed by atoms with Gasteiger partial charge >= 0.3 is 5.69 Å². The van der Waals surface area contributed by atoms with Gasteiger partial charge in [0.15, 0.2) is 5.82 Å². The van der Waals surface area contributed by atoms with Gasteiger partial charge in [-0.15, -0.1) is 5.10 Å². The Morgan fingerprint density at radius 3 is 2.73 bits per heavy atom. The minimum absolute atomic E-state index is 0.0987. The third-order valence-electron chi connectivity index (χ3n) is 5.15. The smallest absolute Gasteiger partial charge is 0.350 e. The zero-order valence-corrected chi connectivity index (χ0v) is 17.4. The Morgan fingerprint density at radius 1 is 1.30 bits per heavy atom. The van der Waals surface area contributed by atoms with E-state index in [0.717, 1.165) is 30.3 Å². The lowest BCUT2D eigenvalue weighted by atomic mass is 9.92. The maximum atomic E-state index is 13.3. The van der Waals surface area contributed by atoms with Crippen LogP contribution in [0, 0.1) is 17.7 Å². The van der Waals surface area contributed by atoms with Gasteiger partial charge in [-0.25, -0.2) is 23.3 Å². The van der Waals surface area contributed by atoms with Gasteiger partial charge in [0, 0.05) is 31.2 Å². The highest BCUT2D eigenvalue weighted by molar-refractivity contribution is 6.31. The summed E-state index contributed by atoms with van der Waals surface area (Å²) in [5, 5.41) is 6.86. The molecular formula is C20H22ClFN6O2. The maximum absolute atomic E-state index is 13.3. The molecule has 0 aliphatic carbocycles. The molecular weight excluding hydrogens is 411 g/mol. The van der Waals surface area contributed by atoms with E-state index in [1.807, 2.05) is 0 Å². The number of amides is 1. The number of aromatic nitrogens is 4. The van der Waals surface area contributed by atoms with Gasteiger partial charge in [-0.05, 0) is 36.5 Å². The zero-order chi connectivity index (χ0) is 21.4. The molecule has 3 heterocycles. The second-order valence-corrected chi connectivity index (χ2v) is 8.32. The number of hydrogen-bond donors (Lipinski definition) is 1. The fraction of sp³-hybridized carbons (Fsp3) is 0.400. The van der Waals surface area contributed by atoms with E-state index in [4.69, 9.17) is 11.6 Å². The van der Waals surface area contributed by atoms with Crippen LogP contribution in [-0.2, 0) is 11.3 Å². The molecule has 1 aromatic carbocycles. The fourth-order valence-corrected chi connectivity index (χ4v) is 4.19. The van der Waals surface area contributed by atoms with E-state index >= 15 is 0 Å². The lowest BCUT2D eigenvalue weighted by Crippen LogP contribution is -2.39. The van der Waals surface area contributed by atoms with Crippen LogP contribution >= 0.6 is 11.6 Å². The number of carbonyl (C=O) groups excluding carboxylic acids is 1. The molecule has 1 aliphatic heterocycles. The van der Waals surface area contributed by atoms with Crippen LogP contribution in [0.5, 0.6) is 0 Å². The van der Waals surface area contributed by atoms with Crippen molar-refractivity contribution in [2.45, 2.75) is 26.8 Å². The normalized spacial score (nSPS) is 19.3. The molecule has 2 unspecified atom stereocenters. The predicted molar refractivity (Wildman–Crippen MR) is 112 cm³/mol. The highest BCUT2D eigenvalue weighted by Gasteiger charge is 2.26. The Labute approximate surface area is 177 Å². The summed E-state index contributed by atoms with van der Waals surface area (Å²) >= 11 is 5.74. The van der Waals surface area contributed by atoms with E-state index in [1.165, 1.54) is 16.5 Å². The molecule has 3 aromatic rings. The molecule has 1 fully saturated rings. The largest absolute Gasteiger partial charge is 0.353 e. The summed E-state index contributed by atoms with van der Waals surface area (Å²) in [6.45, 7) is 5.77. The molecule has 0 saturated carbocycles. The molecule has 2 aromatic heterocycles. The summed E-state index contributed by atoms with van der Waals surface area (Å²) in [4.78, 5) is 31.7. The molecule has 0 bridgehead atoms. The monoisotopic (exact) mass is 432 g/mol. The van der Waals surface area contributed by atoms with Crippen LogP contribution in [0.2, 0.25) is 5.02 Å².